The normalized spacial score (nSPS) is 14.0. The summed E-state index contributed by atoms with van der Waals surface area (Å²) in [4.78, 5) is 151. The van der Waals surface area contributed by atoms with Gasteiger partial charge in [-0.1, -0.05) is 45.9 Å². The van der Waals surface area contributed by atoms with E-state index in [-0.39, 0.29) is 75.7 Å². The van der Waals surface area contributed by atoms with Crippen LogP contribution >= 0.6 is 0 Å². The summed E-state index contributed by atoms with van der Waals surface area (Å²) in [5, 5.41) is 27.9. The molecule has 0 bridgehead atoms. The lowest BCUT2D eigenvalue weighted by molar-refractivity contribution is -0.142. The van der Waals surface area contributed by atoms with Crippen molar-refractivity contribution in [2.24, 2.45) is 51.2 Å². The van der Waals surface area contributed by atoms with Crippen molar-refractivity contribution in [2.75, 3.05) is 13.1 Å². The molecule has 1 heterocycles. The summed E-state index contributed by atoms with van der Waals surface area (Å²) in [5.41, 5.74) is 33.4. The number of aromatic amines is 1. The molecule has 0 unspecified atom stereocenters. The van der Waals surface area contributed by atoms with Gasteiger partial charge < -0.3 is 81.7 Å². The fourth-order valence-electron chi connectivity index (χ4n) is 7.30. The molecule has 1 aromatic carbocycles. The van der Waals surface area contributed by atoms with Crippen LogP contribution in [0.5, 0.6) is 0 Å². The van der Waals surface area contributed by atoms with E-state index >= 15 is 0 Å². The second kappa shape index (κ2) is 30.0. The highest BCUT2D eigenvalue weighted by Gasteiger charge is 2.35. The molecule has 398 valence electrons. The van der Waals surface area contributed by atoms with E-state index in [4.69, 9.17) is 34.4 Å². The van der Waals surface area contributed by atoms with Crippen molar-refractivity contribution in [3.05, 3.63) is 36.0 Å². The SMILES string of the molecule is CC(C)C[C@H](NC(=O)[C@H](CCC(N)=O)NC(=O)CN)C(=O)N[C@@H](CCC(N)=O)C(=O)N[C@@H](Cc1c[nH]c2ccccc12)C(=O)N[C@@H](CC(C)C)C(=O)N[C@@H](CC(N)=O)C(=O)N[C@@H](CCCN=C(N)N)C(=O)O. The Morgan fingerprint density at radius 3 is 1.50 bits per heavy atom. The number of carbonyl (C=O) groups is 11. The summed E-state index contributed by atoms with van der Waals surface area (Å²) >= 11 is 0. The van der Waals surface area contributed by atoms with Gasteiger partial charge in [-0.05, 0) is 62.0 Å². The Morgan fingerprint density at radius 2 is 1.01 bits per heavy atom. The lowest BCUT2D eigenvalue weighted by Gasteiger charge is -2.28. The third-order valence-electron chi connectivity index (χ3n) is 10.8. The van der Waals surface area contributed by atoms with E-state index in [0.717, 1.165) is 0 Å². The number of H-pyrrole nitrogens is 1. The first-order valence-corrected chi connectivity index (χ1v) is 23.3. The van der Waals surface area contributed by atoms with Gasteiger partial charge in [0.2, 0.25) is 59.1 Å². The van der Waals surface area contributed by atoms with E-state index < -0.39 is 127 Å². The maximum absolute atomic E-state index is 14.5. The topological polar surface area (TPSA) is 476 Å². The highest BCUT2D eigenvalue weighted by Crippen LogP contribution is 2.20. The zero-order chi connectivity index (χ0) is 54.2. The maximum Gasteiger partial charge on any atom is 0.326 e. The van der Waals surface area contributed by atoms with Crippen molar-refractivity contribution >= 4 is 81.9 Å². The fraction of sp³-hybridized carbons (Fsp3) is 0.556. The summed E-state index contributed by atoms with van der Waals surface area (Å²) < 4.78 is 0. The number of rotatable bonds is 33. The van der Waals surface area contributed by atoms with Crippen molar-refractivity contribution in [1.29, 1.82) is 0 Å². The summed E-state index contributed by atoms with van der Waals surface area (Å²) in [6.45, 7) is 6.49. The van der Waals surface area contributed by atoms with Gasteiger partial charge in [-0.15, -0.1) is 0 Å². The summed E-state index contributed by atoms with van der Waals surface area (Å²) in [7, 11) is 0. The zero-order valence-corrected chi connectivity index (χ0v) is 40.9. The largest absolute Gasteiger partial charge is 0.480 e. The molecular weight excluding hydrogens is 943 g/mol. The molecule has 10 amide bonds. The van der Waals surface area contributed by atoms with Crippen molar-refractivity contribution in [3.63, 3.8) is 0 Å². The van der Waals surface area contributed by atoms with Crippen LogP contribution in [-0.2, 0) is 59.2 Å². The van der Waals surface area contributed by atoms with Crippen LogP contribution in [0.4, 0.5) is 0 Å². The second-order valence-corrected chi connectivity index (χ2v) is 18.0. The molecule has 2 aromatic rings. The average Bonchev–Trinajstić information content (AvgIpc) is 3.70. The Labute approximate surface area is 415 Å². The molecule has 0 fully saturated rings. The van der Waals surface area contributed by atoms with E-state index in [9.17, 15) is 57.8 Å². The lowest BCUT2D eigenvalue weighted by atomic mass is 9.99. The average molecular weight is 1010 g/mol. The minimum Gasteiger partial charge on any atom is -0.480 e. The number of guanidine groups is 1. The molecule has 0 radical (unpaired) electrons. The number of carbonyl (C=O) groups excluding carboxylic acids is 10. The molecule has 0 saturated carbocycles. The van der Waals surface area contributed by atoms with Gasteiger partial charge in [0, 0.05) is 42.9 Å². The van der Waals surface area contributed by atoms with E-state index in [1.807, 2.05) is 0 Å². The number of carboxylic acid groups (broad SMARTS) is 1. The molecule has 7 atom stereocenters. The Bertz CT molecular complexity index is 2280. The molecular formula is C45H71N15O12. The minimum atomic E-state index is -1.70. The van der Waals surface area contributed by atoms with Crippen LogP contribution in [0.25, 0.3) is 10.9 Å². The van der Waals surface area contributed by atoms with Crippen LogP contribution in [0.15, 0.2) is 35.5 Å². The smallest absolute Gasteiger partial charge is 0.326 e. The van der Waals surface area contributed by atoms with Gasteiger partial charge in [0.15, 0.2) is 5.96 Å². The third-order valence-corrected chi connectivity index (χ3v) is 10.8. The van der Waals surface area contributed by atoms with E-state index in [2.05, 4.69) is 47.2 Å². The Balaban J connectivity index is 2.54. The highest BCUT2D eigenvalue weighted by atomic mass is 16.4. The minimum absolute atomic E-state index is 0.00278. The molecule has 1 aromatic heterocycles. The van der Waals surface area contributed by atoms with Gasteiger partial charge in [0.05, 0.1) is 13.0 Å². The van der Waals surface area contributed by atoms with E-state index in [0.29, 0.717) is 16.5 Å². The molecule has 2 rings (SSSR count). The number of hydrogen-bond donors (Lipinski definition) is 15. The molecule has 0 aliphatic carbocycles. The van der Waals surface area contributed by atoms with E-state index in [1.54, 1.807) is 58.2 Å². The Morgan fingerprint density at radius 1 is 0.569 bits per heavy atom. The van der Waals surface area contributed by atoms with Crippen LogP contribution in [0, 0.1) is 11.8 Å². The van der Waals surface area contributed by atoms with Gasteiger partial charge in [-0.3, -0.25) is 52.9 Å². The molecule has 0 saturated heterocycles. The fourth-order valence-corrected chi connectivity index (χ4v) is 7.30. The Hall–Kier alpha value is -7.84. The number of aromatic nitrogens is 1. The number of nitrogens with zero attached hydrogens (tertiary/aromatic N) is 1. The van der Waals surface area contributed by atoms with Gasteiger partial charge in [-0.2, -0.15) is 0 Å². The lowest BCUT2D eigenvalue weighted by Crippen LogP contribution is -2.60. The van der Waals surface area contributed by atoms with E-state index in [1.165, 1.54) is 0 Å². The number of fused-ring (bicyclic) bond motifs is 1. The van der Waals surface area contributed by atoms with Gasteiger partial charge in [0.1, 0.15) is 42.3 Å². The van der Waals surface area contributed by atoms with Gasteiger partial charge >= 0.3 is 5.97 Å². The van der Waals surface area contributed by atoms with Crippen molar-refractivity contribution in [3.8, 4) is 0 Å². The molecule has 72 heavy (non-hydrogen) atoms. The van der Waals surface area contributed by atoms with Crippen molar-refractivity contribution in [1.82, 2.24) is 42.2 Å². The first-order valence-electron chi connectivity index (χ1n) is 23.3. The summed E-state index contributed by atoms with van der Waals surface area (Å²) in [5.74, 6) is -11.3. The Kier molecular flexibility index (Phi) is 25.1. The van der Waals surface area contributed by atoms with Crippen LogP contribution < -0.4 is 71.6 Å². The van der Waals surface area contributed by atoms with Crippen molar-refractivity contribution in [2.45, 2.75) is 134 Å². The summed E-state index contributed by atoms with van der Waals surface area (Å²) in [6.07, 6.45) is -0.778. The molecule has 21 N–H and O–H groups in total. The molecule has 0 aliphatic heterocycles. The molecule has 0 aliphatic rings. The monoisotopic (exact) mass is 1010 g/mol. The molecule has 27 heteroatoms. The summed E-state index contributed by atoms with van der Waals surface area (Å²) in [6, 6.07) is -3.35. The number of amides is 10. The number of benzene rings is 1. The predicted molar refractivity (Wildman–Crippen MR) is 262 cm³/mol. The van der Waals surface area contributed by atoms with Crippen LogP contribution in [0.1, 0.15) is 91.0 Å². The number of carboxylic acids is 1. The standard InChI is InChI=1S/C45H71N15O12/c1-22(2)16-30(57-38(65)27(11-13-34(47)61)54-37(64)20-46)40(67)55-28(12-14-35(48)62)39(66)59-32(18-24-21-53-26-9-6-5-8-25(24)26)42(69)58-31(17-23(3)4)41(68)60-33(19-36(49)63)43(70)56-29(44(71)72)10-7-15-52-45(50)51/h5-6,8-9,21-23,27-33,53H,7,10-20,46H2,1-4H3,(H2,47,61)(H2,48,62)(H2,49,63)(H,54,64)(H,55,67)(H,56,70)(H,57,65)(H,58,69)(H,59,66)(H,60,68)(H,71,72)(H4,50,51,52)/t27-,28-,29-,30-,31-,32-,33-/m0/s1. The first-order chi connectivity index (χ1) is 33.8. The highest BCUT2D eigenvalue weighted by molar-refractivity contribution is 5.99. The quantitative estimate of drug-likeness (QED) is 0.0183. The number of nitrogens with one attached hydrogen (secondary N) is 8. The van der Waals surface area contributed by atoms with Crippen LogP contribution in [0.3, 0.4) is 0 Å². The number of aliphatic imine (C=N–C) groups is 1. The number of nitrogens with two attached hydrogens (primary N) is 6. The van der Waals surface area contributed by atoms with Gasteiger partial charge in [-0.25, -0.2) is 4.79 Å². The molecule has 0 spiro atoms. The molecule has 27 nitrogen and oxygen atoms in total. The number of para-hydroxylation sites is 1. The maximum atomic E-state index is 14.5. The van der Waals surface area contributed by atoms with Crippen LogP contribution in [0.2, 0.25) is 0 Å². The number of aliphatic carboxylic acids is 1. The zero-order valence-electron chi connectivity index (χ0n) is 40.9. The van der Waals surface area contributed by atoms with Crippen LogP contribution in [-0.4, -0.2) is 136 Å². The van der Waals surface area contributed by atoms with Gasteiger partial charge in [0.25, 0.3) is 0 Å². The third kappa shape index (κ3) is 21.8. The predicted octanol–water partition coefficient (Wildman–Crippen LogP) is -4.30. The first kappa shape index (κ1) is 60.3. The van der Waals surface area contributed by atoms with Crippen molar-refractivity contribution < 1.29 is 57.8 Å². The second-order valence-electron chi connectivity index (χ2n) is 18.0. The number of primary amides is 3. The number of hydrogen-bond acceptors (Lipinski definition) is 13.